The molecule has 16 heteroatoms. The summed E-state index contributed by atoms with van der Waals surface area (Å²) in [5.74, 6) is -1.66. The molecule has 5 N–H and O–H groups in total. The molecule has 0 radical (unpaired) electrons. The third-order valence-corrected chi connectivity index (χ3v) is 9.37. The molecule has 3 heterocycles. The molecule has 1 aromatic carbocycles. The summed E-state index contributed by atoms with van der Waals surface area (Å²) in [6.07, 6.45) is -1.09. The van der Waals surface area contributed by atoms with Crippen molar-refractivity contribution in [3.05, 3.63) is 41.1 Å². The fraction of sp³-hybridized carbons (Fsp3) is 0.462. The van der Waals surface area contributed by atoms with Gasteiger partial charge in [-0.2, -0.15) is 13.2 Å². The Labute approximate surface area is 239 Å². The number of nitrogens with zero attached hydrogens (tertiary/aromatic N) is 4. The molecule has 226 valence electrons. The highest BCUT2D eigenvalue weighted by molar-refractivity contribution is 7.89. The molecule has 1 aliphatic heterocycles. The predicted octanol–water partition coefficient (Wildman–Crippen LogP) is 2.22. The van der Waals surface area contributed by atoms with E-state index in [9.17, 15) is 36.3 Å². The number of nitrogen functional groups attached to an aromatic ring is 1. The van der Waals surface area contributed by atoms with Gasteiger partial charge in [0, 0.05) is 24.3 Å². The number of amides is 2. The monoisotopic (exact) mass is 609 g/mol. The van der Waals surface area contributed by atoms with Crippen LogP contribution in [0.3, 0.4) is 0 Å². The topological polar surface area (TPSA) is 172 Å². The Morgan fingerprint density at radius 2 is 1.93 bits per heavy atom. The highest BCUT2D eigenvalue weighted by Crippen LogP contribution is 2.37. The number of aromatic nitrogens is 3. The Morgan fingerprint density at radius 1 is 1.26 bits per heavy atom. The van der Waals surface area contributed by atoms with Gasteiger partial charge < -0.3 is 21.1 Å². The molecule has 3 aromatic rings. The number of fused-ring (bicyclic) bond motifs is 2. The first kappa shape index (κ1) is 29.7. The van der Waals surface area contributed by atoms with Crippen LogP contribution in [-0.2, 0) is 16.6 Å². The van der Waals surface area contributed by atoms with Crippen molar-refractivity contribution in [2.75, 3.05) is 12.8 Å². The van der Waals surface area contributed by atoms with Crippen molar-refractivity contribution in [3.63, 3.8) is 0 Å². The van der Waals surface area contributed by atoms with Gasteiger partial charge in [-0.25, -0.2) is 22.6 Å². The molecule has 1 aliphatic carbocycles. The highest BCUT2D eigenvalue weighted by Gasteiger charge is 2.46. The summed E-state index contributed by atoms with van der Waals surface area (Å²) in [6, 6.07) is 1.72. The fourth-order valence-electron chi connectivity index (χ4n) is 5.37. The van der Waals surface area contributed by atoms with Gasteiger partial charge in [0.05, 0.1) is 21.8 Å². The van der Waals surface area contributed by atoms with Crippen molar-refractivity contribution >= 4 is 33.3 Å². The fourth-order valence-corrected chi connectivity index (χ4v) is 6.35. The van der Waals surface area contributed by atoms with Crippen LogP contribution in [0.4, 0.5) is 19.0 Å². The van der Waals surface area contributed by atoms with Gasteiger partial charge in [0.25, 0.3) is 11.8 Å². The highest BCUT2D eigenvalue weighted by atomic mass is 32.2. The minimum Gasteiger partial charge on any atom is -0.390 e. The number of alkyl halides is 3. The maximum absolute atomic E-state index is 13.5. The summed E-state index contributed by atoms with van der Waals surface area (Å²) in [4.78, 5) is 30.9. The van der Waals surface area contributed by atoms with Crippen molar-refractivity contribution in [2.45, 2.75) is 74.8 Å². The molecule has 0 saturated heterocycles. The molecular weight excluding hydrogens is 579 g/mol. The van der Waals surface area contributed by atoms with Crippen molar-refractivity contribution < 1.29 is 36.3 Å². The molecule has 42 heavy (non-hydrogen) atoms. The van der Waals surface area contributed by atoms with Gasteiger partial charge in [0.1, 0.15) is 11.6 Å². The maximum atomic E-state index is 13.5. The smallest absolute Gasteiger partial charge is 0.390 e. The third-order valence-electron chi connectivity index (χ3n) is 7.93. The molecule has 1 atom stereocenters. The average Bonchev–Trinajstić information content (AvgIpc) is 3.43. The molecule has 2 amide bonds. The number of rotatable bonds is 6. The van der Waals surface area contributed by atoms with E-state index in [1.165, 1.54) is 22.8 Å². The van der Waals surface area contributed by atoms with E-state index in [2.05, 4.69) is 20.1 Å². The molecule has 2 aliphatic rings. The number of nitrogens with one attached hydrogen (secondary N) is 2. The molecule has 0 unspecified atom stereocenters. The number of aliphatic hydroxyl groups is 1. The van der Waals surface area contributed by atoms with Crippen molar-refractivity contribution in [3.8, 4) is 11.3 Å². The van der Waals surface area contributed by atoms with E-state index in [0.29, 0.717) is 30.6 Å². The van der Waals surface area contributed by atoms with Crippen molar-refractivity contribution in [1.82, 2.24) is 29.5 Å². The van der Waals surface area contributed by atoms with Gasteiger partial charge in [-0.05, 0) is 70.3 Å². The van der Waals surface area contributed by atoms with Crippen LogP contribution >= 0.6 is 0 Å². The average molecular weight is 610 g/mol. The second-order valence-electron chi connectivity index (χ2n) is 11.0. The first-order valence-corrected chi connectivity index (χ1v) is 14.7. The molecule has 2 aromatic heterocycles. The minimum absolute atomic E-state index is 0.00114. The Balaban J connectivity index is 1.55. The Morgan fingerprint density at radius 3 is 2.55 bits per heavy atom. The molecule has 0 spiro atoms. The summed E-state index contributed by atoms with van der Waals surface area (Å²) in [5.41, 5.74) is 5.46. The number of anilines is 1. The normalized spacial score (nSPS) is 21.9. The van der Waals surface area contributed by atoms with E-state index in [1.807, 2.05) is 0 Å². The quantitative estimate of drug-likeness (QED) is 0.329. The number of sulfonamides is 1. The van der Waals surface area contributed by atoms with E-state index in [4.69, 9.17) is 5.73 Å². The lowest BCUT2D eigenvalue weighted by Crippen LogP contribution is -2.43. The second kappa shape index (κ2) is 10.2. The number of hydrogen-bond acceptors (Lipinski definition) is 8. The largest absolute Gasteiger partial charge is 0.408 e. The first-order valence-electron chi connectivity index (χ1n) is 13.2. The first-order chi connectivity index (χ1) is 19.5. The lowest BCUT2D eigenvalue weighted by Gasteiger charge is -2.33. The minimum atomic E-state index is -4.72. The number of halogens is 3. The number of carbonyl (C=O) groups excluding carboxylic acids is 2. The summed E-state index contributed by atoms with van der Waals surface area (Å²) in [6.45, 7) is 2.12. The molecule has 5 rings (SSSR count). The van der Waals surface area contributed by atoms with Crippen molar-refractivity contribution in [2.24, 2.45) is 0 Å². The standard InChI is InChI=1S/C26H30F3N7O5S/c1-13(26(27,28)29)35-12-15-10-14(11-18(19(15)24(35)38)42(40,41)31-3)17-6-9-36-22(33-17)20(21(30)34-36)23(37)32-16-4-7-25(2,39)8-5-16/h6,9-11,13,16,31,39H,4-5,7-8,12H2,1-3H3,(H2,30,34)(H,32,37)/t13-,16?,25?/m0/s1. The zero-order valence-corrected chi connectivity index (χ0v) is 23.8. The lowest BCUT2D eigenvalue weighted by molar-refractivity contribution is -0.172. The van der Waals surface area contributed by atoms with Gasteiger partial charge in [-0.3, -0.25) is 9.59 Å². The Hall–Kier alpha value is -3.76. The van der Waals surface area contributed by atoms with Crippen LogP contribution in [0, 0.1) is 0 Å². The van der Waals surface area contributed by atoms with Crippen LogP contribution in [0.25, 0.3) is 16.9 Å². The SMILES string of the molecule is CNS(=O)(=O)c1cc(-c2ccn3nc(N)c(C(=O)NC4CCC(C)(O)CC4)c3n2)cc2c1C(=O)N([C@@H](C)C(F)(F)F)C2. The number of nitrogens with two attached hydrogens (primary N) is 1. The molecule has 12 nitrogen and oxygen atoms in total. The van der Waals surface area contributed by atoms with Gasteiger partial charge in [-0.15, -0.1) is 5.10 Å². The molecule has 1 fully saturated rings. The molecule has 1 saturated carbocycles. The van der Waals surface area contributed by atoms with E-state index >= 15 is 0 Å². The van der Waals surface area contributed by atoms with E-state index in [0.717, 1.165) is 20.0 Å². The van der Waals surface area contributed by atoms with Crippen LogP contribution < -0.4 is 15.8 Å². The zero-order valence-electron chi connectivity index (χ0n) is 23.0. The van der Waals surface area contributed by atoms with Crippen LogP contribution in [0.15, 0.2) is 29.3 Å². The van der Waals surface area contributed by atoms with Gasteiger partial charge in [0.15, 0.2) is 11.5 Å². The third kappa shape index (κ3) is 5.29. The van der Waals surface area contributed by atoms with Gasteiger partial charge >= 0.3 is 6.18 Å². The summed E-state index contributed by atoms with van der Waals surface area (Å²) in [5, 5.41) is 17.3. The van der Waals surface area contributed by atoms with Gasteiger partial charge in [-0.1, -0.05) is 0 Å². The number of benzene rings is 1. The van der Waals surface area contributed by atoms with E-state index < -0.39 is 51.1 Å². The second-order valence-corrected chi connectivity index (χ2v) is 12.8. The van der Waals surface area contributed by atoms with Gasteiger partial charge in [0.2, 0.25) is 10.0 Å². The lowest BCUT2D eigenvalue weighted by atomic mass is 9.83. The van der Waals surface area contributed by atoms with Crippen LogP contribution in [0.5, 0.6) is 0 Å². The predicted molar refractivity (Wildman–Crippen MR) is 145 cm³/mol. The van der Waals surface area contributed by atoms with E-state index in [1.54, 1.807) is 6.92 Å². The zero-order chi connectivity index (χ0) is 30.8. The summed E-state index contributed by atoms with van der Waals surface area (Å²) in [7, 11) is -3.16. The molecular formula is C26H30F3N7O5S. The number of hydrogen-bond donors (Lipinski definition) is 4. The summed E-state index contributed by atoms with van der Waals surface area (Å²) >= 11 is 0. The van der Waals surface area contributed by atoms with Crippen LogP contribution in [0.2, 0.25) is 0 Å². The maximum Gasteiger partial charge on any atom is 0.408 e. The van der Waals surface area contributed by atoms with Crippen molar-refractivity contribution in [1.29, 1.82) is 0 Å². The molecule has 0 bridgehead atoms. The van der Waals surface area contributed by atoms with E-state index in [-0.39, 0.29) is 45.5 Å². The Bertz CT molecular complexity index is 1690. The summed E-state index contributed by atoms with van der Waals surface area (Å²) < 4.78 is 69.7. The number of carbonyl (C=O) groups is 2. The van der Waals surface area contributed by atoms with Crippen LogP contribution in [-0.4, -0.2) is 75.7 Å². The Kier molecular flexibility index (Phi) is 7.22. The van der Waals surface area contributed by atoms with Crippen LogP contribution in [0.1, 0.15) is 65.8 Å².